The van der Waals surface area contributed by atoms with Crippen LogP contribution in [0.2, 0.25) is 0 Å². The van der Waals surface area contributed by atoms with Gasteiger partial charge in [-0.3, -0.25) is 9.59 Å². The van der Waals surface area contributed by atoms with Crippen LogP contribution in [-0.4, -0.2) is 36.3 Å². The summed E-state index contributed by atoms with van der Waals surface area (Å²) in [6.45, 7) is 0.748. The Morgan fingerprint density at radius 2 is 1.96 bits per heavy atom. The largest absolute Gasteiger partial charge is 0.356 e. The van der Waals surface area contributed by atoms with Crippen LogP contribution in [0.1, 0.15) is 31.2 Å². The number of rotatable bonds is 4. The third-order valence-corrected chi connectivity index (χ3v) is 5.31. The van der Waals surface area contributed by atoms with Crippen molar-refractivity contribution in [2.45, 2.75) is 38.1 Å². The fourth-order valence-corrected chi connectivity index (χ4v) is 3.83. The van der Waals surface area contributed by atoms with E-state index in [0.29, 0.717) is 31.1 Å². The Bertz CT molecular complexity index is 587. The van der Waals surface area contributed by atoms with Crippen molar-refractivity contribution in [3.8, 4) is 0 Å². The van der Waals surface area contributed by atoms with Crippen LogP contribution in [-0.2, 0) is 16.0 Å². The molecule has 124 valence electrons. The highest BCUT2D eigenvalue weighted by Gasteiger charge is 2.40. The number of halogens is 1. The summed E-state index contributed by atoms with van der Waals surface area (Å²) in [7, 11) is 1.87. The van der Waals surface area contributed by atoms with Crippen LogP contribution in [0.5, 0.6) is 0 Å². The predicted molar refractivity (Wildman–Crippen MR) is 85.1 cm³/mol. The molecule has 1 aromatic rings. The minimum absolute atomic E-state index is 0.122. The van der Waals surface area contributed by atoms with E-state index in [2.05, 4.69) is 5.32 Å². The van der Waals surface area contributed by atoms with Crippen LogP contribution in [0.4, 0.5) is 4.39 Å². The molecule has 1 saturated carbocycles. The van der Waals surface area contributed by atoms with E-state index in [1.54, 1.807) is 12.1 Å². The predicted octanol–water partition coefficient (Wildman–Crippen LogP) is 2.13. The third-order valence-electron chi connectivity index (χ3n) is 5.31. The Balaban J connectivity index is 1.51. The van der Waals surface area contributed by atoms with Crippen LogP contribution in [0.25, 0.3) is 0 Å². The van der Waals surface area contributed by atoms with Gasteiger partial charge in [0.25, 0.3) is 0 Å². The van der Waals surface area contributed by atoms with Crippen molar-refractivity contribution in [3.63, 3.8) is 0 Å². The molecule has 1 N–H and O–H groups in total. The number of hydrogen-bond donors (Lipinski definition) is 1. The molecule has 4 nitrogen and oxygen atoms in total. The molecule has 5 heteroatoms. The highest BCUT2D eigenvalue weighted by molar-refractivity contribution is 5.78. The summed E-state index contributed by atoms with van der Waals surface area (Å²) in [4.78, 5) is 25.7. The SMILES string of the molecule is CN(C(=O)CCc1ccc(F)cc1)[C@H]1C[C@H]2CNC(=O)C[C@H]2C1. The van der Waals surface area contributed by atoms with Crippen molar-refractivity contribution < 1.29 is 14.0 Å². The van der Waals surface area contributed by atoms with Crippen LogP contribution >= 0.6 is 0 Å². The Hall–Kier alpha value is -1.91. The smallest absolute Gasteiger partial charge is 0.222 e. The molecule has 0 spiro atoms. The minimum Gasteiger partial charge on any atom is -0.356 e. The van der Waals surface area contributed by atoms with Crippen LogP contribution in [0.3, 0.4) is 0 Å². The number of aryl methyl sites for hydroxylation is 1. The van der Waals surface area contributed by atoms with Gasteiger partial charge in [0.2, 0.25) is 11.8 Å². The highest BCUT2D eigenvalue weighted by atomic mass is 19.1. The van der Waals surface area contributed by atoms with Crippen LogP contribution < -0.4 is 5.32 Å². The molecule has 1 aromatic carbocycles. The normalized spacial score (nSPS) is 26.5. The molecule has 0 bridgehead atoms. The number of hydrogen-bond acceptors (Lipinski definition) is 2. The van der Waals surface area contributed by atoms with Gasteiger partial charge in [0, 0.05) is 32.5 Å². The lowest BCUT2D eigenvalue weighted by molar-refractivity contribution is -0.131. The fourth-order valence-electron chi connectivity index (χ4n) is 3.83. The number of benzene rings is 1. The maximum Gasteiger partial charge on any atom is 0.222 e. The standard InChI is InChI=1S/C18H23FN2O2/c1-21(16-8-13-10-17(22)20-11-14(13)9-16)18(23)7-4-12-2-5-15(19)6-3-12/h2-3,5-6,13-14,16H,4,7-11H2,1H3,(H,20,22)/t13-,14+,16-/m1/s1. The third kappa shape index (κ3) is 3.71. The van der Waals surface area contributed by atoms with Gasteiger partial charge in [-0.2, -0.15) is 0 Å². The van der Waals surface area contributed by atoms with E-state index < -0.39 is 0 Å². The van der Waals surface area contributed by atoms with Gasteiger partial charge in [-0.25, -0.2) is 4.39 Å². The van der Waals surface area contributed by atoms with Crippen molar-refractivity contribution >= 4 is 11.8 Å². The molecule has 3 rings (SSSR count). The molecule has 1 aliphatic carbocycles. The summed E-state index contributed by atoms with van der Waals surface area (Å²) < 4.78 is 12.9. The summed E-state index contributed by atoms with van der Waals surface area (Å²) in [5.74, 6) is 0.925. The van der Waals surface area contributed by atoms with Crippen LogP contribution in [0, 0.1) is 17.7 Å². The maximum absolute atomic E-state index is 12.9. The number of nitrogens with zero attached hydrogens (tertiary/aromatic N) is 1. The molecular formula is C18H23FN2O2. The van der Waals surface area contributed by atoms with Gasteiger partial charge in [0.05, 0.1) is 0 Å². The van der Waals surface area contributed by atoms with Gasteiger partial charge in [-0.05, 0) is 48.8 Å². The zero-order chi connectivity index (χ0) is 16.4. The Morgan fingerprint density at radius 1 is 1.26 bits per heavy atom. The first kappa shape index (κ1) is 16.0. The first-order valence-electron chi connectivity index (χ1n) is 8.29. The van der Waals surface area contributed by atoms with Crippen molar-refractivity contribution in [2.24, 2.45) is 11.8 Å². The van der Waals surface area contributed by atoms with E-state index in [0.717, 1.165) is 24.9 Å². The van der Waals surface area contributed by atoms with Gasteiger partial charge in [-0.1, -0.05) is 12.1 Å². The van der Waals surface area contributed by atoms with Gasteiger partial charge in [0.15, 0.2) is 0 Å². The Morgan fingerprint density at radius 3 is 2.70 bits per heavy atom. The molecular weight excluding hydrogens is 295 g/mol. The monoisotopic (exact) mass is 318 g/mol. The second kappa shape index (κ2) is 6.69. The summed E-state index contributed by atoms with van der Waals surface area (Å²) in [5, 5.41) is 2.92. The first-order valence-corrected chi connectivity index (χ1v) is 8.29. The zero-order valence-electron chi connectivity index (χ0n) is 13.4. The Kier molecular flexibility index (Phi) is 4.64. The average molecular weight is 318 g/mol. The molecule has 23 heavy (non-hydrogen) atoms. The second-order valence-electron chi connectivity index (χ2n) is 6.78. The van der Waals surface area contributed by atoms with Crippen LogP contribution in [0.15, 0.2) is 24.3 Å². The van der Waals surface area contributed by atoms with Crippen molar-refractivity contribution in [1.82, 2.24) is 10.2 Å². The minimum atomic E-state index is -0.256. The molecule has 2 amide bonds. The average Bonchev–Trinajstić information content (AvgIpc) is 2.96. The number of carbonyl (C=O) groups excluding carboxylic acids is 2. The van der Waals surface area contributed by atoms with Gasteiger partial charge < -0.3 is 10.2 Å². The van der Waals surface area contributed by atoms with Crippen molar-refractivity contribution in [1.29, 1.82) is 0 Å². The van der Waals surface area contributed by atoms with E-state index in [-0.39, 0.29) is 23.7 Å². The molecule has 1 saturated heterocycles. The lowest BCUT2D eigenvalue weighted by atomic mass is 9.89. The molecule has 2 fully saturated rings. The quantitative estimate of drug-likeness (QED) is 0.924. The summed E-state index contributed by atoms with van der Waals surface area (Å²) in [6, 6.07) is 6.54. The molecule has 1 aliphatic heterocycles. The molecule has 2 aliphatic rings. The molecule has 1 heterocycles. The Labute approximate surface area is 136 Å². The molecule has 0 radical (unpaired) electrons. The van der Waals surface area contributed by atoms with E-state index in [1.807, 2.05) is 11.9 Å². The first-order chi connectivity index (χ1) is 11.0. The highest BCUT2D eigenvalue weighted by Crippen LogP contribution is 2.38. The summed E-state index contributed by atoms with van der Waals surface area (Å²) in [6.07, 6.45) is 3.56. The number of piperidine rings is 1. The van der Waals surface area contributed by atoms with E-state index in [9.17, 15) is 14.0 Å². The number of carbonyl (C=O) groups is 2. The van der Waals surface area contributed by atoms with Crippen molar-refractivity contribution in [3.05, 3.63) is 35.6 Å². The second-order valence-corrected chi connectivity index (χ2v) is 6.78. The van der Waals surface area contributed by atoms with E-state index >= 15 is 0 Å². The fraction of sp³-hybridized carbons (Fsp3) is 0.556. The van der Waals surface area contributed by atoms with E-state index in [4.69, 9.17) is 0 Å². The van der Waals surface area contributed by atoms with E-state index in [1.165, 1.54) is 12.1 Å². The number of amides is 2. The lowest BCUT2D eigenvalue weighted by Crippen LogP contribution is -2.38. The lowest BCUT2D eigenvalue weighted by Gasteiger charge is -2.25. The summed E-state index contributed by atoms with van der Waals surface area (Å²) in [5.41, 5.74) is 0.975. The van der Waals surface area contributed by atoms with Gasteiger partial charge >= 0.3 is 0 Å². The topological polar surface area (TPSA) is 49.4 Å². The molecule has 0 unspecified atom stereocenters. The maximum atomic E-state index is 12.9. The number of fused-ring (bicyclic) bond motifs is 1. The number of nitrogens with one attached hydrogen (secondary N) is 1. The van der Waals surface area contributed by atoms with Crippen molar-refractivity contribution in [2.75, 3.05) is 13.6 Å². The molecule has 0 aromatic heterocycles. The zero-order valence-corrected chi connectivity index (χ0v) is 13.4. The molecule has 3 atom stereocenters. The van der Waals surface area contributed by atoms with Gasteiger partial charge in [-0.15, -0.1) is 0 Å². The summed E-state index contributed by atoms with van der Waals surface area (Å²) >= 11 is 0. The van der Waals surface area contributed by atoms with Gasteiger partial charge in [0.1, 0.15) is 5.82 Å².